The summed E-state index contributed by atoms with van der Waals surface area (Å²) in [6.07, 6.45) is 0. The summed E-state index contributed by atoms with van der Waals surface area (Å²) in [6, 6.07) is 5.67. The molecule has 0 saturated heterocycles. The maximum atomic E-state index is 9.12. The number of methoxy groups -OCH3 is 1. The molecule has 1 N–H and O–H groups in total. The van der Waals surface area contributed by atoms with E-state index in [0.717, 1.165) is 17.1 Å². The lowest BCUT2D eigenvalue weighted by atomic mass is 10.0. The van der Waals surface area contributed by atoms with Crippen molar-refractivity contribution in [2.24, 2.45) is 0 Å². The molecule has 0 amide bonds. The number of rotatable bonds is 5. The molecule has 3 nitrogen and oxygen atoms in total. The molecule has 0 aromatic heterocycles. The van der Waals surface area contributed by atoms with Crippen molar-refractivity contribution >= 4 is 0 Å². The highest BCUT2D eigenvalue weighted by atomic mass is 16.5. The molecule has 3 heteroatoms. The summed E-state index contributed by atoms with van der Waals surface area (Å²) in [5.41, 5.74) is 1.01. The zero-order valence-electron chi connectivity index (χ0n) is 9.49. The molecule has 0 heterocycles. The molecule has 0 aliphatic heterocycles. The van der Waals surface area contributed by atoms with Crippen molar-refractivity contribution in [2.75, 3.05) is 20.3 Å². The van der Waals surface area contributed by atoms with Crippen LogP contribution in [0.3, 0.4) is 0 Å². The van der Waals surface area contributed by atoms with E-state index in [4.69, 9.17) is 14.6 Å². The van der Waals surface area contributed by atoms with Crippen molar-refractivity contribution in [3.63, 3.8) is 0 Å². The average molecular weight is 210 g/mol. The molecule has 0 aliphatic rings. The Hall–Kier alpha value is -1.22. The molecule has 1 unspecified atom stereocenters. The molecule has 1 aromatic rings. The van der Waals surface area contributed by atoms with E-state index in [1.165, 1.54) is 0 Å². The second kappa shape index (κ2) is 5.61. The Morgan fingerprint density at radius 1 is 1.40 bits per heavy atom. The SMILES string of the molecule is CCOc1cc(OC)ccc1C(C)CO. The van der Waals surface area contributed by atoms with Gasteiger partial charge >= 0.3 is 0 Å². The van der Waals surface area contributed by atoms with Crippen LogP contribution in [0.1, 0.15) is 25.3 Å². The molecule has 0 bridgehead atoms. The quantitative estimate of drug-likeness (QED) is 0.809. The summed E-state index contributed by atoms with van der Waals surface area (Å²) in [4.78, 5) is 0. The van der Waals surface area contributed by atoms with E-state index in [2.05, 4.69) is 0 Å². The molecule has 0 aliphatic carbocycles. The zero-order valence-corrected chi connectivity index (χ0v) is 9.49. The van der Waals surface area contributed by atoms with Gasteiger partial charge in [-0.05, 0) is 18.6 Å². The van der Waals surface area contributed by atoms with Crippen LogP contribution in [0.5, 0.6) is 11.5 Å². The van der Waals surface area contributed by atoms with Crippen LogP contribution >= 0.6 is 0 Å². The van der Waals surface area contributed by atoms with Crippen molar-refractivity contribution in [1.82, 2.24) is 0 Å². The lowest BCUT2D eigenvalue weighted by Crippen LogP contribution is -2.03. The second-order valence-electron chi connectivity index (χ2n) is 3.42. The minimum Gasteiger partial charge on any atom is -0.497 e. The molecule has 0 saturated carbocycles. The lowest BCUT2D eigenvalue weighted by Gasteiger charge is -2.15. The van der Waals surface area contributed by atoms with Crippen molar-refractivity contribution in [3.05, 3.63) is 23.8 Å². The first-order chi connectivity index (χ1) is 7.22. The monoisotopic (exact) mass is 210 g/mol. The smallest absolute Gasteiger partial charge is 0.126 e. The summed E-state index contributed by atoms with van der Waals surface area (Å²) in [7, 11) is 1.63. The van der Waals surface area contributed by atoms with Crippen molar-refractivity contribution in [2.45, 2.75) is 19.8 Å². The largest absolute Gasteiger partial charge is 0.497 e. The van der Waals surface area contributed by atoms with Crippen LogP contribution in [0.15, 0.2) is 18.2 Å². The maximum absolute atomic E-state index is 9.12. The summed E-state index contributed by atoms with van der Waals surface area (Å²) in [5.74, 6) is 1.64. The van der Waals surface area contributed by atoms with Gasteiger partial charge in [-0.25, -0.2) is 0 Å². The maximum Gasteiger partial charge on any atom is 0.126 e. The van der Waals surface area contributed by atoms with Crippen LogP contribution in [-0.4, -0.2) is 25.4 Å². The van der Waals surface area contributed by atoms with Crippen LogP contribution in [0.4, 0.5) is 0 Å². The van der Waals surface area contributed by atoms with E-state index in [1.807, 2.05) is 32.0 Å². The summed E-state index contributed by atoms with van der Waals surface area (Å²) >= 11 is 0. The second-order valence-corrected chi connectivity index (χ2v) is 3.42. The molecule has 1 aromatic carbocycles. The predicted molar refractivity (Wildman–Crippen MR) is 59.7 cm³/mol. The Labute approximate surface area is 90.6 Å². The standard InChI is InChI=1S/C12H18O3/c1-4-15-12-7-10(14-3)5-6-11(12)9(2)8-13/h5-7,9,13H,4,8H2,1-3H3. The average Bonchev–Trinajstić information content (AvgIpc) is 2.28. The Morgan fingerprint density at radius 3 is 2.67 bits per heavy atom. The summed E-state index contributed by atoms with van der Waals surface area (Å²) < 4.78 is 10.6. The van der Waals surface area contributed by atoms with E-state index in [1.54, 1.807) is 7.11 Å². The fourth-order valence-electron chi connectivity index (χ4n) is 1.43. The highest BCUT2D eigenvalue weighted by molar-refractivity contribution is 5.42. The molecule has 0 spiro atoms. The van der Waals surface area contributed by atoms with Gasteiger partial charge in [0.15, 0.2) is 0 Å². The Bertz CT molecular complexity index is 310. The van der Waals surface area contributed by atoms with Gasteiger partial charge in [-0.1, -0.05) is 13.0 Å². The fourth-order valence-corrected chi connectivity index (χ4v) is 1.43. The molecular weight excluding hydrogens is 192 g/mol. The van der Waals surface area contributed by atoms with E-state index in [9.17, 15) is 0 Å². The normalized spacial score (nSPS) is 12.3. The lowest BCUT2D eigenvalue weighted by molar-refractivity contribution is 0.266. The molecule has 1 rings (SSSR count). The van der Waals surface area contributed by atoms with Gasteiger partial charge in [-0.2, -0.15) is 0 Å². The Balaban J connectivity index is 3.03. The Morgan fingerprint density at radius 2 is 2.13 bits per heavy atom. The van der Waals surface area contributed by atoms with E-state index < -0.39 is 0 Å². The van der Waals surface area contributed by atoms with Gasteiger partial charge in [0.2, 0.25) is 0 Å². The molecule has 84 valence electrons. The topological polar surface area (TPSA) is 38.7 Å². The zero-order chi connectivity index (χ0) is 11.3. The van der Waals surface area contributed by atoms with E-state index in [-0.39, 0.29) is 12.5 Å². The first-order valence-electron chi connectivity index (χ1n) is 5.14. The third kappa shape index (κ3) is 2.86. The molecule has 15 heavy (non-hydrogen) atoms. The number of hydrogen-bond acceptors (Lipinski definition) is 3. The Kier molecular flexibility index (Phi) is 4.43. The molecule has 1 atom stereocenters. The van der Waals surface area contributed by atoms with Gasteiger partial charge < -0.3 is 14.6 Å². The number of benzene rings is 1. The van der Waals surface area contributed by atoms with Gasteiger partial charge in [0.25, 0.3) is 0 Å². The van der Waals surface area contributed by atoms with Crippen LogP contribution in [-0.2, 0) is 0 Å². The molecular formula is C12H18O3. The van der Waals surface area contributed by atoms with Gasteiger partial charge in [-0.3, -0.25) is 0 Å². The fraction of sp³-hybridized carbons (Fsp3) is 0.500. The molecule has 0 radical (unpaired) electrons. The number of ether oxygens (including phenoxy) is 2. The first kappa shape index (κ1) is 11.9. The van der Waals surface area contributed by atoms with Crippen molar-refractivity contribution in [1.29, 1.82) is 0 Å². The third-order valence-electron chi connectivity index (χ3n) is 2.33. The number of hydrogen-bond donors (Lipinski definition) is 1. The summed E-state index contributed by atoms with van der Waals surface area (Å²) in [5, 5.41) is 9.12. The first-order valence-corrected chi connectivity index (χ1v) is 5.14. The predicted octanol–water partition coefficient (Wildman–Crippen LogP) is 2.19. The van der Waals surface area contributed by atoms with Crippen LogP contribution in [0, 0.1) is 0 Å². The summed E-state index contributed by atoms with van der Waals surface area (Å²) in [6.45, 7) is 4.63. The van der Waals surface area contributed by atoms with E-state index >= 15 is 0 Å². The van der Waals surface area contributed by atoms with Crippen molar-refractivity contribution < 1.29 is 14.6 Å². The van der Waals surface area contributed by atoms with Gasteiger partial charge in [-0.15, -0.1) is 0 Å². The van der Waals surface area contributed by atoms with Crippen molar-refractivity contribution in [3.8, 4) is 11.5 Å². The minimum atomic E-state index is 0.0810. The highest BCUT2D eigenvalue weighted by Crippen LogP contribution is 2.30. The third-order valence-corrected chi connectivity index (χ3v) is 2.33. The minimum absolute atomic E-state index is 0.0810. The van der Waals surface area contributed by atoms with Gasteiger partial charge in [0.1, 0.15) is 11.5 Å². The van der Waals surface area contributed by atoms with E-state index in [0.29, 0.717) is 6.61 Å². The number of aliphatic hydroxyl groups excluding tert-OH is 1. The van der Waals surface area contributed by atoms with Gasteiger partial charge in [0.05, 0.1) is 13.7 Å². The highest BCUT2D eigenvalue weighted by Gasteiger charge is 2.11. The van der Waals surface area contributed by atoms with Gasteiger partial charge in [0, 0.05) is 18.6 Å². The molecule has 0 fully saturated rings. The number of aliphatic hydroxyl groups is 1. The van der Waals surface area contributed by atoms with Crippen LogP contribution in [0.2, 0.25) is 0 Å². The van der Waals surface area contributed by atoms with Crippen LogP contribution < -0.4 is 9.47 Å². The van der Waals surface area contributed by atoms with Crippen LogP contribution in [0.25, 0.3) is 0 Å².